The normalized spacial score (nSPS) is 10.9. The van der Waals surface area contributed by atoms with Gasteiger partial charge in [0.1, 0.15) is 5.58 Å². The Kier molecular flexibility index (Phi) is 4.52. The molecule has 0 fully saturated rings. The van der Waals surface area contributed by atoms with Crippen molar-refractivity contribution in [3.8, 4) is 0 Å². The van der Waals surface area contributed by atoms with Gasteiger partial charge in [-0.2, -0.15) is 0 Å². The second kappa shape index (κ2) is 7.13. The monoisotopic (exact) mass is 378 g/mol. The Hall–Kier alpha value is -3.31. The highest BCUT2D eigenvalue weighted by Crippen LogP contribution is 2.23. The predicted molar refractivity (Wildman–Crippen MR) is 104 cm³/mol. The standard InChI is InChI=1S/C21H15ClN2O3/c22-16-8-9-18-15(10-16)11-19(27-18)21(26)24-23-20(25)12-14-6-3-5-13-4-1-2-7-17(13)14/h1-11H,12H2,(H,23,25)(H,24,26). The smallest absolute Gasteiger partial charge is 0.305 e. The van der Waals surface area contributed by atoms with Crippen LogP contribution in [0.5, 0.6) is 0 Å². The van der Waals surface area contributed by atoms with Crippen LogP contribution in [0.2, 0.25) is 5.02 Å². The van der Waals surface area contributed by atoms with Gasteiger partial charge in [0.25, 0.3) is 0 Å². The van der Waals surface area contributed by atoms with Crippen LogP contribution in [0.15, 0.2) is 71.1 Å². The molecule has 3 aromatic carbocycles. The number of rotatable bonds is 3. The van der Waals surface area contributed by atoms with Crippen molar-refractivity contribution in [2.24, 2.45) is 0 Å². The maximum absolute atomic E-state index is 12.2. The van der Waals surface area contributed by atoms with E-state index in [-0.39, 0.29) is 18.1 Å². The average molecular weight is 379 g/mol. The third kappa shape index (κ3) is 3.64. The lowest BCUT2D eigenvalue weighted by Gasteiger charge is -2.08. The lowest BCUT2D eigenvalue weighted by molar-refractivity contribution is -0.121. The Morgan fingerprint density at radius 1 is 0.889 bits per heavy atom. The molecule has 0 radical (unpaired) electrons. The van der Waals surface area contributed by atoms with Crippen LogP contribution in [-0.2, 0) is 11.2 Å². The molecule has 5 nitrogen and oxygen atoms in total. The zero-order valence-corrected chi connectivity index (χ0v) is 14.9. The summed E-state index contributed by atoms with van der Waals surface area (Å²) >= 11 is 5.93. The van der Waals surface area contributed by atoms with Crippen LogP contribution in [0.25, 0.3) is 21.7 Å². The first kappa shape index (κ1) is 17.1. The molecule has 4 aromatic rings. The van der Waals surface area contributed by atoms with Gasteiger partial charge in [0, 0.05) is 10.4 Å². The van der Waals surface area contributed by atoms with E-state index in [2.05, 4.69) is 10.9 Å². The van der Waals surface area contributed by atoms with Gasteiger partial charge in [0.05, 0.1) is 6.42 Å². The third-order valence-corrected chi connectivity index (χ3v) is 4.48. The number of hydrogen-bond acceptors (Lipinski definition) is 3. The van der Waals surface area contributed by atoms with E-state index in [1.165, 1.54) is 0 Å². The molecule has 1 aromatic heterocycles. The van der Waals surface area contributed by atoms with Gasteiger partial charge in [-0.3, -0.25) is 20.4 Å². The fourth-order valence-corrected chi connectivity index (χ4v) is 3.16. The molecule has 0 saturated carbocycles. The number of amides is 2. The van der Waals surface area contributed by atoms with Crippen molar-refractivity contribution < 1.29 is 14.0 Å². The van der Waals surface area contributed by atoms with Crippen molar-refractivity contribution in [3.05, 3.63) is 83.1 Å². The SMILES string of the molecule is O=C(Cc1cccc2ccccc12)NNC(=O)c1cc2cc(Cl)ccc2o1. The molecule has 6 heteroatoms. The van der Waals surface area contributed by atoms with Gasteiger partial charge in [0.15, 0.2) is 5.76 Å². The molecule has 0 aliphatic heterocycles. The molecule has 2 N–H and O–H groups in total. The maximum atomic E-state index is 12.2. The van der Waals surface area contributed by atoms with Crippen molar-refractivity contribution in [1.82, 2.24) is 10.9 Å². The fourth-order valence-electron chi connectivity index (χ4n) is 2.98. The first-order valence-electron chi connectivity index (χ1n) is 8.35. The van der Waals surface area contributed by atoms with E-state index in [4.69, 9.17) is 16.0 Å². The van der Waals surface area contributed by atoms with Crippen LogP contribution in [0.1, 0.15) is 16.1 Å². The van der Waals surface area contributed by atoms with Crippen LogP contribution in [-0.4, -0.2) is 11.8 Å². The van der Waals surface area contributed by atoms with E-state index >= 15 is 0 Å². The number of furan rings is 1. The van der Waals surface area contributed by atoms with Gasteiger partial charge in [-0.15, -0.1) is 0 Å². The Morgan fingerprint density at radius 3 is 2.59 bits per heavy atom. The van der Waals surface area contributed by atoms with E-state index in [1.54, 1.807) is 24.3 Å². The summed E-state index contributed by atoms with van der Waals surface area (Å²) in [6.07, 6.45) is 0.150. The van der Waals surface area contributed by atoms with Crippen LogP contribution in [0.4, 0.5) is 0 Å². The zero-order valence-electron chi connectivity index (χ0n) is 14.2. The highest BCUT2D eigenvalue weighted by atomic mass is 35.5. The first-order chi connectivity index (χ1) is 13.1. The van der Waals surface area contributed by atoms with Gasteiger partial charge in [-0.25, -0.2) is 0 Å². The first-order valence-corrected chi connectivity index (χ1v) is 8.73. The fraction of sp³-hybridized carbons (Fsp3) is 0.0476. The summed E-state index contributed by atoms with van der Waals surface area (Å²) in [5.41, 5.74) is 6.24. The molecule has 0 aliphatic carbocycles. The number of nitrogens with one attached hydrogen (secondary N) is 2. The average Bonchev–Trinajstić information content (AvgIpc) is 3.09. The minimum absolute atomic E-state index is 0.0951. The van der Waals surface area contributed by atoms with E-state index < -0.39 is 5.91 Å². The summed E-state index contributed by atoms with van der Waals surface area (Å²) < 4.78 is 5.47. The van der Waals surface area contributed by atoms with Gasteiger partial charge in [-0.05, 0) is 40.6 Å². The summed E-state index contributed by atoms with van der Waals surface area (Å²) in [5.74, 6) is -0.759. The second-order valence-electron chi connectivity index (χ2n) is 6.11. The van der Waals surface area contributed by atoms with Crippen LogP contribution in [0.3, 0.4) is 0 Å². The number of halogens is 1. The molecule has 0 atom stereocenters. The Labute approximate surface area is 159 Å². The molecule has 2 amide bonds. The number of fused-ring (bicyclic) bond motifs is 2. The molecule has 0 spiro atoms. The molecule has 4 rings (SSSR count). The Balaban J connectivity index is 1.43. The highest BCUT2D eigenvalue weighted by Gasteiger charge is 2.14. The topological polar surface area (TPSA) is 71.3 Å². The van der Waals surface area contributed by atoms with E-state index in [1.807, 2.05) is 42.5 Å². The predicted octanol–water partition coefficient (Wildman–Crippen LogP) is 4.24. The number of carbonyl (C=O) groups excluding carboxylic acids is 2. The van der Waals surface area contributed by atoms with Crippen LogP contribution in [0, 0.1) is 0 Å². The summed E-state index contributed by atoms with van der Waals surface area (Å²) in [7, 11) is 0. The summed E-state index contributed by atoms with van der Waals surface area (Å²) in [5, 5.41) is 3.34. The minimum atomic E-state index is -0.534. The number of benzene rings is 3. The maximum Gasteiger partial charge on any atom is 0.305 e. The summed E-state index contributed by atoms with van der Waals surface area (Å²) in [4.78, 5) is 24.5. The van der Waals surface area contributed by atoms with Crippen molar-refractivity contribution >= 4 is 45.2 Å². The van der Waals surface area contributed by atoms with Gasteiger partial charge in [0.2, 0.25) is 5.91 Å². The molecule has 0 aliphatic rings. The molecule has 0 saturated heterocycles. The number of hydrazine groups is 1. The van der Waals surface area contributed by atoms with E-state index in [0.29, 0.717) is 10.6 Å². The lowest BCUT2D eigenvalue weighted by atomic mass is 10.0. The van der Waals surface area contributed by atoms with Gasteiger partial charge < -0.3 is 4.42 Å². The Bertz CT molecular complexity index is 1160. The molecular formula is C21H15ClN2O3. The Morgan fingerprint density at radius 2 is 1.70 bits per heavy atom. The molecule has 134 valence electrons. The summed E-state index contributed by atoms with van der Waals surface area (Å²) in [6, 6.07) is 20.3. The highest BCUT2D eigenvalue weighted by molar-refractivity contribution is 6.31. The molecule has 0 bridgehead atoms. The van der Waals surface area contributed by atoms with Crippen molar-refractivity contribution in [1.29, 1.82) is 0 Å². The molecular weight excluding hydrogens is 364 g/mol. The molecule has 1 heterocycles. The van der Waals surface area contributed by atoms with Crippen molar-refractivity contribution in [3.63, 3.8) is 0 Å². The summed E-state index contributed by atoms with van der Waals surface area (Å²) in [6.45, 7) is 0. The van der Waals surface area contributed by atoms with Gasteiger partial charge in [-0.1, -0.05) is 54.1 Å². The largest absolute Gasteiger partial charge is 0.451 e. The van der Waals surface area contributed by atoms with E-state index in [9.17, 15) is 9.59 Å². The molecule has 27 heavy (non-hydrogen) atoms. The molecule has 0 unspecified atom stereocenters. The van der Waals surface area contributed by atoms with E-state index in [0.717, 1.165) is 21.7 Å². The minimum Gasteiger partial charge on any atom is -0.451 e. The van der Waals surface area contributed by atoms with Crippen molar-refractivity contribution in [2.45, 2.75) is 6.42 Å². The quantitative estimate of drug-likeness (QED) is 0.524. The zero-order chi connectivity index (χ0) is 18.8. The second-order valence-corrected chi connectivity index (χ2v) is 6.55. The lowest BCUT2D eigenvalue weighted by Crippen LogP contribution is -2.42. The van der Waals surface area contributed by atoms with Crippen LogP contribution < -0.4 is 10.9 Å². The number of carbonyl (C=O) groups is 2. The number of hydrogen-bond donors (Lipinski definition) is 2. The van der Waals surface area contributed by atoms with Crippen molar-refractivity contribution in [2.75, 3.05) is 0 Å². The third-order valence-electron chi connectivity index (χ3n) is 4.25. The van der Waals surface area contributed by atoms with Gasteiger partial charge >= 0.3 is 5.91 Å². The van der Waals surface area contributed by atoms with Crippen LogP contribution >= 0.6 is 11.6 Å².